The number of hydrogen-bond donors (Lipinski definition) is 1. The predicted molar refractivity (Wildman–Crippen MR) is 147 cm³/mol. The van der Waals surface area contributed by atoms with Crippen molar-refractivity contribution in [3.63, 3.8) is 0 Å². The van der Waals surface area contributed by atoms with Crippen molar-refractivity contribution in [3.05, 3.63) is 35.9 Å². The van der Waals surface area contributed by atoms with Gasteiger partial charge in [0.1, 0.15) is 0 Å². The summed E-state index contributed by atoms with van der Waals surface area (Å²) in [5, 5.41) is 0. The second-order valence-corrected chi connectivity index (χ2v) is 13.8. The number of nitrogen functional groups attached to an aromatic ring is 1. The number of benzene rings is 1. The lowest BCUT2D eigenvalue weighted by Gasteiger charge is -2.61. The van der Waals surface area contributed by atoms with E-state index in [9.17, 15) is 0 Å². The molecule has 0 bridgehead atoms. The Labute approximate surface area is 210 Å². The van der Waals surface area contributed by atoms with Gasteiger partial charge < -0.3 is 5.73 Å². The predicted octanol–water partition coefficient (Wildman–Crippen LogP) is 9.38. The SMILES string of the molecule is CC(C)CCC[C@@H](C)[C@H]1CC[C@H]2[C@@H]3CCC4C(c5ccccc5N)=CCC[C@]4(C)[C@H]3CC[C@]12C. The normalized spacial score (nSPS) is 40.3. The van der Waals surface area contributed by atoms with Crippen molar-refractivity contribution >= 4 is 11.3 Å². The van der Waals surface area contributed by atoms with Crippen LogP contribution in [0.5, 0.6) is 0 Å². The number of para-hydroxylation sites is 1. The van der Waals surface area contributed by atoms with E-state index < -0.39 is 0 Å². The van der Waals surface area contributed by atoms with Crippen LogP contribution in [0.15, 0.2) is 30.3 Å². The summed E-state index contributed by atoms with van der Waals surface area (Å²) in [5.74, 6) is 6.26. The zero-order chi connectivity index (χ0) is 24.1. The van der Waals surface area contributed by atoms with Gasteiger partial charge in [-0.25, -0.2) is 0 Å². The molecule has 4 aliphatic carbocycles. The summed E-state index contributed by atoms with van der Waals surface area (Å²) in [6.45, 7) is 12.8. The van der Waals surface area contributed by atoms with E-state index >= 15 is 0 Å². The second-order valence-electron chi connectivity index (χ2n) is 13.8. The number of fused-ring (bicyclic) bond motifs is 5. The molecule has 1 unspecified atom stereocenters. The number of rotatable bonds is 6. The molecule has 0 heterocycles. The van der Waals surface area contributed by atoms with Gasteiger partial charge in [-0.15, -0.1) is 0 Å². The second kappa shape index (κ2) is 9.33. The summed E-state index contributed by atoms with van der Waals surface area (Å²) < 4.78 is 0. The molecule has 1 nitrogen and oxygen atoms in total. The first kappa shape index (κ1) is 24.5. The van der Waals surface area contributed by atoms with Crippen LogP contribution in [-0.2, 0) is 0 Å². The molecule has 5 rings (SSSR count). The molecule has 1 aromatic carbocycles. The van der Waals surface area contributed by atoms with Gasteiger partial charge in [0.15, 0.2) is 0 Å². The smallest absolute Gasteiger partial charge is 0.0390 e. The van der Waals surface area contributed by atoms with Crippen molar-refractivity contribution in [1.29, 1.82) is 0 Å². The third kappa shape index (κ3) is 3.98. The third-order valence-electron chi connectivity index (χ3n) is 11.8. The maximum Gasteiger partial charge on any atom is 0.0390 e. The van der Waals surface area contributed by atoms with Crippen molar-refractivity contribution in [1.82, 2.24) is 0 Å². The molecule has 2 N–H and O–H groups in total. The van der Waals surface area contributed by atoms with E-state index in [1.165, 1.54) is 76.2 Å². The number of hydrogen-bond acceptors (Lipinski definition) is 1. The van der Waals surface area contributed by atoms with Gasteiger partial charge in [0, 0.05) is 11.3 Å². The molecule has 0 aliphatic heterocycles. The molecule has 4 aliphatic rings. The number of nitrogens with two attached hydrogens (primary N) is 1. The fourth-order valence-corrected chi connectivity index (χ4v) is 10.1. The Morgan fingerprint density at radius 3 is 2.41 bits per heavy atom. The Hall–Kier alpha value is -1.24. The maximum atomic E-state index is 6.49. The molecule has 0 aromatic heterocycles. The van der Waals surface area contributed by atoms with Gasteiger partial charge in [-0.3, -0.25) is 0 Å². The molecule has 3 saturated carbocycles. The van der Waals surface area contributed by atoms with Crippen LogP contribution in [0.4, 0.5) is 5.69 Å². The molecule has 8 atom stereocenters. The van der Waals surface area contributed by atoms with Crippen molar-refractivity contribution < 1.29 is 0 Å². The lowest BCUT2D eigenvalue weighted by Crippen LogP contribution is -2.53. The number of anilines is 1. The van der Waals surface area contributed by atoms with Crippen LogP contribution >= 0.6 is 0 Å². The Morgan fingerprint density at radius 1 is 0.882 bits per heavy atom. The zero-order valence-corrected chi connectivity index (χ0v) is 22.8. The van der Waals surface area contributed by atoms with E-state index in [-0.39, 0.29) is 0 Å². The molecule has 1 aromatic rings. The first-order valence-electron chi connectivity index (χ1n) is 14.8. The van der Waals surface area contributed by atoms with Crippen LogP contribution in [-0.4, -0.2) is 0 Å². The van der Waals surface area contributed by atoms with Gasteiger partial charge in [0.05, 0.1) is 0 Å². The van der Waals surface area contributed by atoms with E-state index in [1.807, 2.05) is 0 Å². The highest BCUT2D eigenvalue weighted by molar-refractivity contribution is 5.77. The van der Waals surface area contributed by atoms with Crippen LogP contribution in [0.2, 0.25) is 0 Å². The van der Waals surface area contributed by atoms with Gasteiger partial charge in [0.25, 0.3) is 0 Å². The molecule has 3 fully saturated rings. The van der Waals surface area contributed by atoms with E-state index in [1.54, 1.807) is 5.57 Å². The fraction of sp³-hybridized carbons (Fsp3) is 0.758. The lowest BCUT2D eigenvalue weighted by molar-refractivity contribution is -0.0932. The van der Waals surface area contributed by atoms with Crippen molar-refractivity contribution in [2.24, 2.45) is 52.3 Å². The van der Waals surface area contributed by atoms with Crippen LogP contribution in [0.1, 0.15) is 111 Å². The summed E-state index contributed by atoms with van der Waals surface area (Å²) in [6, 6.07) is 8.64. The van der Waals surface area contributed by atoms with Crippen LogP contribution < -0.4 is 5.73 Å². The summed E-state index contributed by atoms with van der Waals surface area (Å²) in [4.78, 5) is 0. The molecular formula is C33H51N. The molecule has 0 spiro atoms. The van der Waals surface area contributed by atoms with Crippen LogP contribution in [0.25, 0.3) is 5.57 Å². The topological polar surface area (TPSA) is 26.0 Å². The Morgan fingerprint density at radius 2 is 1.65 bits per heavy atom. The lowest BCUT2D eigenvalue weighted by atomic mass is 9.44. The first-order valence-corrected chi connectivity index (χ1v) is 14.8. The minimum Gasteiger partial charge on any atom is -0.398 e. The Balaban J connectivity index is 1.35. The largest absolute Gasteiger partial charge is 0.398 e. The molecule has 0 amide bonds. The zero-order valence-electron chi connectivity index (χ0n) is 22.8. The highest BCUT2D eigenvalue weighted by Gasteiger charge is 2.60. The minimum atomic E-state index is 0.456. The summed E-state index contributed by atoms with van der Waals surface area (Å²) in [7, 11) is 0. The highest BCUT2D eigenvalue weighted by Crippen LogP contribution is 2.69. The average Bonchev–Trinajstić information content (AvgIpc) is 3.15. The highest BCUT2D eigenvalue weighted by atomic mass is 14.7. The first-order chi connectivity index (χ1) is 16.3. The van der Waals surface area contributed by atoms with Gasteiger partial charge in [-0.1, -0.05) is 78.2 Å². The van der Waals surface area contributed by atoms with Crippen LogP contribution in [0, 0.1) is 52.3 Å². The summed E-state index contributed by atoms with van der Waals surface area (Å²) >= 11 is 0. The van der Waals surface area contributed by atoms with E-state index in [0.717, 1.165) is 41.2 Å². The quantitative estimate of drug-likeness (QED) is 0.419. The standard InChI is InChI=1S/C33H51N/c1-22(2)10-8-11-23(3)27-17-18-29-26-15-16-28-24(25-12-6-7-14-31(25)34)13-9-20-32(28,4)30(26)19-21-33(27,29)5/h6-7,12-14,22-23,26-30H,8-11,15-21,34H2,1-5H3/t23-,26+,27-,28?,29+,30+,32+,33-/m1/s1. The van der Waals surface area contributed by atoms with E-state index in [2.05, 4.69) is 65.0 Å². The molecular weight excluding hydrogens is 410 g/mol. The van der Waals surface area contributed by atoms with Crippen LogP contribution in [0.3, 0.4) is 0 Å². The van der Waals surface area contributed by atoms with Crippen molar-refractivity contribution in [2.75, 3.05) is 5.73 Å². The summed E-state index contributed by atoms with van der Waals surface area (Å²) in [5.41, 5.74) is 11.4. The molecule has 0 saturated heterocycles. The molecule has 1 heteroatoms. The minimum absolute atomic E-state index is 0.456. The Bertz CT molecular complexity index is 898. The molecule has 0 radical (unpaired) electrons. The average molecular weight is 462 g/mol. The van der Waals surface area contributed by atoms with Gasteiger partial charge in [-0.05, 0) is 115 Å². The van der Waals surface area contributed by atoms with Gasteiger partial charge in [0.2, 0.25) is 0 Å². The Kier molecular flexibility index (Phi) is 6.71. The molecule has 188 valence electrons. The third-order valence-corrected chi connectivity index (χ3v) is 11.8. The monoisotopic (exact) mass is 461 g/mol. The summed E-state index contributed by atoms with van der Waals surface area (Å²) in [6.07, 6.45) is 18.2. The van der Waals surface area contributed by atoms with E-state index in [0.29, 0.717) is 16.7 Å². The van der Waals surface area contributed by atoms with Gasteiger partial charge in [-0.2, -0.15) is 0 Å². The fourth-order valence-electron chi connectivity index (χ4n) is 10.1. The van der Waals surface area contributed by atoms with Gasteiger partial charge >= 0.3 is 0 Å². The van der Waals surface area contributed by atoms with Crippen molar-refractivity contribution in [3.8, 4) is 0 Å². The van der Waals surface area contributed by atoms with E-state index in [4.69, 9.17) is 5.73 Å². The maximum absolute atomic E-state index is 6.49. The number of allylic oxidation sites excluding steroid dienone is 2. The molecule has 34 heavy (non-hydrogen) atoms. The van der Waals surface area contributed by atoms with Crippen molar-refractivity contribution in [2.45, 2.75) is 105 Å².